The summed E-state index contributed by atoms with van der Waals surface area (Å²) in [4.78, 5) is 23.9. The zero-order valence-corrected chi connectivity index (χ0v) is 38.4. The zero-order valence-electron chi connectivity index (χ0n) is 36.8. The van der Waals surface area contributed by atoms with Gasteiger partial charge in [-0.05, 0) is 30.3 Å². The van der Waals surface area contributed by atoms with Crippen LogP contribution in [0.4, 0.5) is 105 Å². The Kier molecular flexibility index (Phi) is 16.8. The maximum Gasteiger partial charge on any atom is 0.416 e. The average molecular weight is 1180 g/mol. The molecule has 408 valence electrons. The summed E-state index contributed by atoms with van der Waals surface area (Å²) in [6.07, 6.45) is -53.1. The molecule has 0 saturated heterocycles. The van der Waals surface area contributed by atoms with E-state index in [0.29, 0.717) is 11.3 Å². The monoisotopic (exact) mass is 1180 g/mol. The van der Waals surface area contributed by atoms with Crippen LogP contribution in [0.5, 0.6) is 0 Å². The Morgan fingerprint density at radius 1 is 0.355 bits per heavy atom. The second-order valence-corrected chi connectivity index (χ2v) is 16.8. The van der Waals surface area contributed by atoms with Crippen molar-refractivity contribution in [2.45, 2.75) is 56.0 Å². The molecule has 76 heavy (non-hydrogen) atoms. The molecule has 0 radical (unpaired) electrons. The first-order valence-corrected chi connectivity index (χ1v) is 21.6. The van der Waals surface area contributed by atoms with Crippen LogP contribution in [-0.4, -0.2) is 23.0 Å². The summed E-state index contributed by atoms with van der Waals surface area (Å²) in [5.74, 6) is -0.0538. The van der Waals surface area contributed by atoms with Crippen LogP contribution in [0.2, 0.25) is 0 Å². The van der Waals surface area contributed by atoms with Gasteiger partial charge in [-0.1, -0.05) is 94.8 Å². The Morgan fingerprint density at radius 2 is 0.605 bits per heavy atom. The van der Waals surface area contributed by atoms with Gasteiger partial charge in [-0.3, -0.25) is 9.59 Å². The van der Waals surface area contributed by atoms with Crippen molar-refractivity contribution in [2.24, 2.45) is 0 Å². The molecule has 29 heteroatoms. The lowest BCUT2D eigenvalue weighted by Crippen LogP contribution is -2.75. The third-order valence-corrected chi connectivity index (χ3v) is 11.7. The number of carbonyl (C=O) groups is 2. The van der Waals surface area contributed by atoms with Crippen molar-refractivity contribution in [1.29, 1.82) is 0 Å². The second-order valence-electron chi connectivity index (χ2n) is 16.3. The first kappa shape index (κ1) is 60.3. The molecule has 0 unspecified atom stereocenters. The molecule has 0 bridgehead atoms. The van der Waals surface area contributed by atoms with E-state index in [0.717, 1.165) is 0 Å². The van der Waals surface area contributed by atoms with Crippen molar-refractivity contribution in [1.82, 2.24) is 0 Å². The van der Waals surface area contributed by atoms with Crippen molar-refractivity contribution in [3.05, 3.63) is 183 Å². The number of ketones is 2. The lowest BCUT2D eigenvalue weighted by atomic mass is 9.12. The molecule has 1 aromatic heterocycles. The van der Waals surface area contributed by atoms with Crippen molar-refractivity contribution >= 4 is 55.5 Å². The number of alkyl halides is 25. The number of hydrogen-bond acceptors (Lipinski definition) is 2. The molecule has 0 spiro atoms. The zero-order chi connectivity index (χ0) is 57.6. The smallest absolute Gasteiger partial charge is 0.287 e. The molecule has 0 N–H and O–H groups in total. The fourth-order valence-corrected chi connectivity index (χ4v) is 8.16. The minimum absolute atomic E-state index is 0.0135. The van der Waals surface area contributed by atoms with E-state index in [-0.39, 0.29) is 23.4 Å². The number of nitrogens with zero attached hydrogens (tertiary/aromatic N) is 1. The van der Waals surface area contributed by atoms with Gasteiger partial charge >= 0.3 is 49.4 Å². The van der Waals surface area contributed by atoms with Gasteiger partial charge in [0.15, 0.2) is 6.20 Å². The quantitative estimate of drug-likeness (QED) is 0.0476. The molecular weight excluding hydrogens is 1160 g/mol. The summed E-state index contributed by atoms with van der Waals surface area (Å²) in [5.41, 5.74) is -29.0. The van der Waals surface area contributed by atoms with Crippen molar-refractivity contribution in [3.8, 4) is 0 Å². The van der Waals surface area contributed by atoms with Crippen molar-refractivity contribution in [3.63, 3.8) is 0 Å². The van der Waals surface area contributed by atoms with E-state index in [9.17, 15) is 115 Å². The second kappa shape index (κ2) is 21.1. The normalized spacial score (nSPS) is 13.3. The molecule has 6 aromatic rings. The van der Waals surface area contributed by atoms with E-state index in [2.05, 4.69) is 15.9 Å². The van der Waals surface area contributed by atoms with Crippen LogP contribution in [0.15, 0.2) is 128 Å². The molecule has 0 aliphatic rings. The lowest BCUT2D eigenvalue weighted by molar-refractivity contribution is -0.685. The fraction of sp³-hybridized carbons (Fsp3) is 0.213. The van der Waals surface area contributed by atoms with Crippen LogP contribution in [0.25, 0.3) is 0 Å². The lowest BCUT2D eigenvalue weighted by Gasteiger charge is -2.46. The van der Waals surface area contributed by atoms with E-state index in [1.54, 1.807) is 35.0 Å². The average Bonchev–Trinajstić information content (AvgIpc) is 3.29. The predicted octanol–water partition coefficient (Wildman–Crippen LogP) is 13.6. The predicted molar refractivity (Wildman–Crippen MR) is 226 cm³/mol. The Balaban J connectivity index is 0.000000468. The number of carbonyl (C=O) groups excluding carboxylic acids is 2. The Morgan fingerprint density at radius 3 is 0.842 bits per heavy atom. The standard InChI is InChI=1S/C32H12BF24.C15H13BrNO2/c34-25(35,36)13-1-14(26(37,38)39)6-21(5-13)33(22-7-15(27(40,41)42)2-16(8-22)28(43,44)45,23-9-17(29(46,47)48)3-18(10-23)30(49,50)51)24-11-19(31(52,53)54)4-20(12-24)32(55,56)57;16-10-14(18)13-8-4-5-9-17(13)11-15(19)12-6-2-1-3-7-12/h1-12H;1-9H,10-11H2/q-1;+1. The summed E-state index contributed by atoms with van der Waals surface area (Å²) < 4.78 is 343. The van der Waals surface area contributed by atoms with E-state index >= 15 is 0 Å². The summed E-state index contributed by atoms with van der Waals surface area (Å²) in [6.45, 7) is 0.166. The van der Waals surface area contributed by atoms with Crippen molar-refractivity contribution in [2.75, 3.05) is 5.33 Å². The molecule has 0 aliphatic heterocycles. The number of aromatic nitrogens is 1. The Bertz CT molecular complexity index is 2660. The van der Waals surface area contributed by atoms with E-state index < -0.39 is 195 Å². The van der Waals surface area contributed by atoms with Gasteiger partial charge in [0.1, 0.15) is 6.15 Å². The van der Waals surface area contributed by atoms with Crippen LogP contribution in [0, 0.1) is 0 Å². The molecule has 0 aliphatic carbocycles. The van der Waals surface area contributed by atoms with E-state index in [1.165, 1.54) is 0 Å². The highest BCUT2D eigenvalue weighted by atomic mass is 79.9. The summed E-state index contributed by atoms with van der Waals surface area (Å²) in [5, 5.41) is 0.247. The number of benzene rings is 5. The van der Waals surface area contributed by atoms with Gasteiger partial charge in [0.2, 0.25) is 23.8 Å². The van der Waals surface area contributed by atoms with Crippen molar-refractivity contribution < 1.29 is 120 Å². The largest absolute Gasteiger partial charge is 0.416 e. The third-order valence-electron chi connectivity index (χ3n) is 11.2. The minimum atomic E-state index is -6.13. The molecule has 1 heterocycles. The highest BCUT2D eigenvalue weighted by Crippen LogP contribution is 2.41. The SMILES string of the molecule is FC(F)(F)c1cc([B-](c2cc(C(F)(F)F)cc(C(F)(F)F)c2)(c2cc(C(F)(F)F)cc(C(F)(F)F)c2)c2cc(C(F)(F)F)cc(C(F)(F)F)c2)cc(C(F)(F)F)c1.O=C(C[n+]1ccccc1C(=O)CBr)c1ccccc1. The molecule has 3 nitrogen and oxygen atoms in total. The summed E-state index contributed by atoms with van der Waals surface area (Å²) >= 11 is 3.15. The highest BCUT2D eigenvalue weighted by Gasteiger charge is 2.47. The maximum absolute atomic E-state index is 14.2. The first-order valence-electron chi connectivity index (χ1n) is 20.5. The minimum Gasteiger partial charge on any atom is -0.287 e. The number of halogens is 25. The summed E-state index contributed by atoms with van der Waals surface area (Å²) in [6, 6.07) is 5.59. The van der Waals surface area contributed by atoms with Crippen LogP contribution < -0.4 is 26.4 Å². The molecule has 5 aromatic carbocycles. The summed E-state index contributed by atoms with van der Waals surface area (Å²) in [7, 11) is 0. The number of hydrogen-bond donors (Lipinski definition) is 0. The van der Waals surface area contributed by atoms with E-state index in [4.69, 9.17) is 0 Å². The topological polar surface area (TPSA) is 38.0 Å². The van der Waals surface area contributed by atoms with Gasteiger partial charge in [-0.25, -0.2) is 0 Å². The van der Waals surface area contributed by atoms with Gasteiger partial charge in [0.05, 0.1) is 49.8 Å². The molecule has 0 amide bonds. The fourth-order valence-electron chi connectivity index (χ4n) is 7.88. The van der Waals surface area contributed by atoms with Gasteiger partial charge in [0, 0.05) is 17.7 Å². The van der Waals surface area contributed by atoms with E-state index in [1.807, 2.05) is 24.3 Å². The Hall–Kier alpha value is -6.55. The maximum atomic E-state index is 14.2. The molecule has 0 fully saturated rings. The van der Waals surface area contributed by atoms with Gasteiger partial charge in [-0.15, -0.1) is 0 Å². The molecular formula is C47H25BBrF24NO2. The molecule has 0 saturated carbocycles. The van der Waals surface area contributed by atoms with Gasteiger partial charge in [-0.2, -0.15) is 132 Å². The number of pyridine rings is 1. The highest BCUT2D eigenvalue weighted by molar-refractivity contribution is 9.09. The van der Waals surface area contributed by atoms with Gasteiger partial charge < -0.3 is 0 Å². The van der Waals surface area contributed by atoms with Gasteiger partial charge in [0.25, 0.3) is 0 Å². The molecule has 6 rings (SSSR count). The third kappa shape index (κ3) is 13.9. The van der Waals surface area contributed by atoms with Crippen LogP contribution >= 0.6 is 15.9 Å². The Labute approximate surface area is 418 Å². The van der Waals surface area contributed by atoms with Crippen LogP contribution in [0.1, 0.15) is 65.4 Å². The molecule has 0 atom stereocenters. The number of Topliss-reactive ketones (excluding diaryl/α,β-unsaturated/α-hetero) is 2. The number of rotatable bonds is 9. The van der Waals surface area contributed by atoms with Crippen LogP contribution in [-0.2, 0) is 56.0 Å². The first-order chi connectivity index (χ1) is 34.5. The van der Waals surface area contributed by atoms with Crippen LogP contribution in [0.3, 0.4) is 0 Å².